The van der Waals surface area contributed by atoms with Crippen molar-refractivity contribution >= 4 is 24.8 Å². The van der Waals surface area contributed by atoms with Crippen LogP contribution in [-0.2, 0) is 6.42 Å². The fourth-order valence-corrected chi connectivity index (χ4v) is 2.06. The first-order valence-corrected chi connectivity index (χ1v) is 5.84. The molecule has 1 N–H and O–H groups in total. The molecule has 0 spiro atoms. The Morgan fingerprint density at radius 2 is 1.94 bits per heavy atom. The van der Waals surface area contributed by atoms with Gasteiger partial charge >= 0.3 is 0 Å². The van der Waals surface area contributed by atoms with Crippen molar-refractivity contribution in [3.05, 3.63) is 23.7 Å². The molecule has 17 heavy (non-hydrogen) atoms. The van der Waals surface area contributed by atoms with Crippen LogP contribution in [0.4, 0.5) is 0 Å². The molecule has 1 aliphatic rings. The van der Waals surface area contributed by atoms with Crippen molar-refractivity contribution in [2.75, 3.05) is 26.2 Å². The first kappa shape index (κ1) is 16.8. The van der Waals surface area contributed by atoms with Gasteiger partial charge in [-0.1, -0.05) is 6.92 Å². The van der Waals surface area contributed by atoms with Crippen LogP contribution in [0, 0.1) is 0 Å². The molecule has 1 fully saturated rings. The standard InChI is InChI=1S/C12H20N2O.2ClH/c1-3-11-4-5-12(15-11)10(2)14-8-6-13-7-9-14;;/h4-5,10,13H,3,6-9H2,1-2H3;2*1H/t10-;;/m0../s1. The third-order valence-corrected chi connectivity index (χ3v) is 3.14. The van der Waals surface area contributed by atoms with Gasteiger partial charge in [-0.05, 0) is 19.1 Å². The van der Waals surface area contributed by atoms with Gasteiger partial charge in [-0.25, -0.2) is 0 Å². The van der Waals surface area contributed by atoms with Crippen LogP contribution in [0.3, 0.4) is 0 Å². The highest BCUT2D eigenvalue weighted by molar-refractivity contribution is 5.85. The lowest BCUT2D eigenvalue weighted by molar-refractivity contribution is 0.165. The normalized spacial score (nSPS) is 18.0. The van der Waals surface area contributed by atoms with Crippen molar-refractivity contribution in [1.29, 1.82) is 0 Å². The topological polar surface area (TPSA) is 28.4 Å². The summed E-state index contributed by atoms with van der Waals surface area (Å²) < 4.78 is 5.79. The van der Waals surface area contributed by atoms with Crippen LogP contribution in [0.15, 0.2) is 16.5 Å². The third kappa shape index (κ3) is 4.18. The predicted octanol–water partition coefficient (Wildman–Crippen LogP) is 2.65. The second-order valence-electron chi connectivity index (χ2n) is 4.12. The molecule has 5 heteroatoms. The predicted molar refractivity (Wildman–Crippen MR) is 75.4 cm³/mol. The Labute approximate surface area is 116 Å². The van der Waals surface area contributed by atoms with Crippen LogP contribution < -0.4 is 5.32 Å². The molecule has 100 valence electrons. The molecular weight excluding hydrogens is 259 g/mol. The molecule has 1 aromatic rings. The molecule has 2 heterocycles. The van der Waals surface area contributed by atoms with E-state index in [0.29, 0.717) is 6.04 Å². The zero-order valence-corrected chi connectivity index (χ0v) is 12.1. The van der Waals surface area contributed by atoms with Crippen LogP contribution in [-0.4, -0.2) is 31.1 Å². The second kappa shape index (κ2) is 7.98. The van der Waals surface area contributed by atoms with Gasteiger partial charge in [0.25, 0.3) is 0 Å². The number of piperazine rings is 1. The van der Waals surface area contributed by atoms with Crippen molar-refractivity contribution in [2.45, 2.75) is 26.3 Å². The van der Waals surface area contributed by atoms with Crippen molar-refractivity contribution < 1.29 is 4.42 Å². The average molecular weight is 281 g/mol. The first-order chi connectivity index (χ1) is 7.31. The molecule has 0 unspecified atom stereocenters. The minimum absolute atomic E-state index is 0. The highest BCUT2D eigenvalue weighted by atomic mass is 35.5. The van der Waals surface area contributed by atoms with Crippen LogP contribution >= 0.6 is 24.8 Å². The Morgan fingerprint density at radius 1 is 1.29 bits per heavy atom. The average Bonchev–Trinajstić information content (AvgIpc) is 2.78. The Hall–Kier alpha value is -0.220. The molecule has 0 aromatic carbocycles. The van der Waals surface area contributed by atoms with E-state index in [1.807, 2.05) is 0 Å². The molecule has 0 radical (unpaired) electrons. The lowest BCUT2D eigenvalue weighted by atomic mass is 10.2. The van der Waals surface area contributed by atoms with E-state index in [9.17, 15) is 0 Å². The molecule has 1 aliphatic heterocycles. The number of furan rings is 1. The molecule has 3 nitrogen and oxygen atoms in total. The summed E-state index contributed by atoms with van der Waals surface area (Å²) in [6, 6.07) is 4.62. The van der Waals surface area contributed by atoms with E-state index in [-0.39, 0.29) is 24.8 Å². The molecule has 0 saturated carbocycles. The number of aryl methyl sites for hydroxylation is 1. The summed E-state index contributed by atoms with van der Waals surface area (Å²) in [6.45, 7) is 8.76. The van der Waals surface area contributed by atoms with Crippen LogP contribution in [0.2, 0.25) is 0 Å². The highest BCUT2D eigenvalue weighted by Gasteiger charge is 2.20. The summed E-state index contributed by atoms with van der Waals surface area (Å²) in [6.07, 6.45) is 0.980. The van der Waals surface area contributed by atoms with Gasteiger partial charge in [0.15, 0.2) is 0 Å². The first-order valence-electron chi connectivity index (χ1n) is 5.84. The lowest BCUT2D eigenvalue weighted by Crippen LogP contribution is -2.44. The van der Waals surface area contributed by atoms with Gasteiger partial charge in [0.2, 0.25) is 0 Å². The quantitative estimate of drug-likeness (QED) is 0.923. The van der Waals surface area contributed by atoms with E-state index >= 15 is 0 Å². The largest absolute Gasteiger partial charge is 0.464 e. The fourth-order valence-electron chi connectivity index (χ4n) is 2.06. The van der Waals surface area contributed by atoms with Gasteiger partial charge in [-0.2, -0.15) is 0 Å². The van der Waals surface area contributed by atoms with Crippen molar-refractivity contribution in [3.63, 3.8) is 0 Å². The smallest absolute Gasteiger partial charge is 0.121 e. The SMILES string of the molecule is CCc1ccc([C@H](C)N2CCNCC2)o1.Cl.Cl. The molecule has 0 amide bonds. The van der Waals surface area contributed by atoms with Crippen molar-refractivity contribution in [2.24, 2.45) is 0 Å². The molecule has 0 aliphatic carbocycles. The molecule has 2 rings (SSSR count). The van der Waals surface area contributed by atoms with Gasteiger partial charge in [-0.15, -0.1) is 24.8 Å². The summed E-state index contributed by atoms with van der Waals surface area (Å²) in [4.78, 5) is 2.47. The summed E-state index contributed by atoms with van der Waals surface area (Å²) in [5.74, 6) is 2.20. The maximum atomic E-state index is 5.79. The number of hydrogen-bond donors (Lipinski definition) is 1. The van der Waals surface area contributed by atoms with Gasteiger partial charge < -0.3 is 9.73 Å². The highest BCUT2D eigenvalue weighted by Crippen LogP contribution is 2.22. The number of nitrogens with zero attached hydrogens (tertiary/aromatic N) is 1. The minimum Gasteiger partial charge on any atom is -0.464 e. The summed E-state index contributed by atoms with van der Waals surface area (Å²) in [7, 11) is 0. The number of hydrogen-bond acceptors (Lipinski definition) is 3. The Morgan fingerprint density at radius 3 is 2.47 bits per heavy atom. The van der Waals surface area contributed by atoms with Gasteiger partial charge in [0, 0.05) is 32.6 Å². The Kier molecular flexibility index (Phi) is 7.88. The van der Waals surface area contributed by atoms with Gasteiger partial charge in [-0.3, -0.25) is 4.90 Å². The number of nitrogens with one attached hydrogen (secondary N) is 1. The van der Waals surface area contributed by atoms with Crippen molar-refractivity contribution in [3.8, 4) is 0 Å². The summed E-state index contributed by atoms with van der Waals surface area (Å²) in [5.41, 5.74) is 0. The van der Waals surface area contributed by atoms with Crippen LogP contribution in [0.5, 0.6) is 0 Å². The van der Waals surface area contributed by atoms with E-state index in [1.165, 1.54) is 0 Å². The van der Waals surface area contributed by atoms with E-state index in [1.54, 1.807) is 0 Å². The third-order valence-electron chi connectivity index (χ3n) is 3.14. The maximum Gasteiger partial charge on any atom is 0.121 e. The molecular formula is C12H22Cl2N2O. The van der Waals surface area contributed by atoms with Crippen LogP contribution in [0.25, 0.3) is 0 Å². The minimum atomic E-state index is 0. The molecule has 1 saturated heterocycles. The van der Waals surface area contributed by atoms with Crippen molar-refractivity contribution in [1.82, 2.24) is 10.2 Å². The second-order valence-corrected chi connectivity index (χ2v) is 4.12. The van der Waals surface area contributed by atoms with E-state index in [2.05, 4.69) is 36.2 Å². The summed E-state index contributed by atoms with van der Waals surface area (Å²) in [5, 5.41) is 3.37. The maximum absolute atomic E-state index is 5.79. The lowest BCUT2D eigenvalue weighted by Gasteiger charge is -2.31. The zero-order valence-electron chi connectivity index (χ0n) is 10.4. The van der Waals surface area contributed by atoms with E-state index in [0.717, 1.165) is 44.1 Å². The number of halogens is 2. The Bertz CT molecular complexity index is 311. The van der Waals surface area contributed by atoms with Gasteiger partial charge in [0.05, 0.1) is 6.04 Å². The molecule has 0 bridgehead atoms. The number of rotatable bonds is 3. The zero-order chi connectivity index (χ0) is 10.7. The molecule has 1 aromatic heterocycles. The fraction of sp³-hybridized carbons (Fsp3) is 0.667. The molecule has 1 atom stereocenters. The van der Waals surface area contributed by atoms with E-state index in [4.69, 9.17) is 4.42 Å². The van der Waals surface area contributed by atoms with E-state index < -0.39 is 0 Å². The van der Waals surface area contributed by atoms with Crippen LogP contribution in [0.1, 0.15) is 31.4 Å². The summed E-state index contributed by atoms with van der Waals surface area (Å²) >= 11 is 0. The Balaban J connectivity index is 0.00000128. The monoisotopic (exact) mass is 280 g/mol. The van der Waals surface area contributed by atoms with Gasteiger partial charge in [0.1, 0.15) is 11.5 Å².